The maximum absolute atomic E-state index is 3.54. The lowest BCUT2D eigenvalue weighted by atomic mass is 9.90. The van der Waals surface area contributed by atoms with Crippen LogP contribution in [-0.2, 0) is 0 Å². The van der Waals surface area contributed by atoms with Gasteiger partial charge in [0.2, 0.25) is 0 Å². The normalized spacial score (nSPS) is 16.1. The minimum absolute atomic E-state index is 1.12. The highest BCUT2D eigenvalue weighted by Gasteiger charge is 2.09. The number of benzene rings is 2. The Kier molecular flexibility index (Phi) is 2.49. The largest absolute Gasteiger partial charge is 0.0616 e. The van der Waals surface area contributed by atoms with Crippen molar-refractivity contribution in [2.24, 2.45) is 0 Å². The molecule has 0 fully saturated rings. The van der Waals surface area contributed by atoms with Gasteiger partial charge in [0.1, 0.15) is 0 Å². The maximum Gasteiger partial charge on any atom is -0.0109 e. The zero-order valence-electron chi connectivity index (χ0n) is 9.37. The van der Waals surface area contributed by atoms with E-state index in [-0.39, 0.29) is 0 Å². The van der Waals surface area contributed by atoms with Crippen molar-refractivity contribution in [3.05, 3.63) is 54.1 Å². The van der Waals surface area contributed by atoms with Crippen molar-refractivity contribution in [3.8, 4) is 0 Å². The van der Waals surface area contributed by atoms with E-state index >= 15 is 0 Å². The zero-order chi connectivity index (χ0) is 10.8. The number of hydrogen-bond donors (Lipinski definition) is 0. The van der Waals surface area contributed by atoms with Crippen LogP contribution in [-0.4, -0.2) is 0 Å². The fourth-order valence-electron chi connectivity index (χ4n) is 2.47. The van der Waals surface area contributed by atoms with Crippen LogP contribution in [0.4, 0.5) is 0 Å². The van der Waals surface area contributed by atoms with E-state index in [1.807, 2.05) is 0 Å². The van der Waals surface area contributed by atoms with E-state index in [2.05, 4.69) is 48.5 Å². The summed E-state index contributed by atoms with van der Waals surface area (Å²) in [7, 11) is 0. The molecule has 79 valence electrons. The van der Waals surface area contributed by atoms with Crippen molar-refractivity contribution < 1.29 is 0 Å². The molecular weight excluding hydrogens is 192 g/mol. The Morgan fingerprint density at radius 3 is 2.62 bits per heavy atom. The van der Waals surface area contributed by atoms with Crippen LogP contribution >= 0.6 is 0 Å². The van der Waals surface area contributed by atoms with Gasteiger partial charge >= 0.3 is 0 Å². The monoisotopic (exact) mass is 207 g/mol. The predicted octanol–water partition coefficient (Wildman–Crippen LogP) is 4.60. The highest BCUT2D eigenvalue weighted by molar-refractivity contribution is 5.93. The van der Waals surface area contributed by atoms with Crippen molar-refractivity contribution in [1.82, 2.24) is 0 Å². The van der Waals surface area contributed by atoms with Crippen molar-refractivity contribution in [1.29, 1.82) is 0 Å². The zero-order valence-corrected chi connectivity index (χ0v) is 9.37. The van der Waals surface area contributed by atoms with Crippen molar-refractivity contribution in [3.63, 3.8) is 0 Å². The van der Waals surface area contributed by atoms with Gasteiger partial charge in [-0.05, 0) is 53.7 Å². The second kappa shape index (κ2) is 4.13. The fraction of sp³-hybridized carbons (Fsp3) is 0.250. The van der Waals surface area contributed by atoms with Gasteiger partial charge in [0.05, 0.1) is 0 Å². The van der Waals surface area contributed by atoms with Gasteiger partial charge in [-0.2, -0.15) is 0 Å². The average Bonchev–Trinajstić information content (AvgIpc) is 2.39. The molecule has 0 spiro atoms. The van der Waals surface area contributed by atoms with Gasteiger partial charge in [0.15, 0.2) is 0 Å². The third kappa shape index (κ3) is 1.65. The molecule has 0 heterocycles. The molecular formula is C16H15. The van der Waals surface area contributed by atoms with E-state index in [0.29, 0.717) is 0 Å². The van der Waals surface area contributed by atoms with Gasteiger partial charge in [0.25, 0.3) is 0 Å². The molecule has 0 N–H and O–H groups in total. The van der Waals surface area contributed by atoms with Crippen molar-refractivity contribution in [2.45, 2.75) is 25.7 Å². The summed E-state index contributed by atoms with van der Waals surface area (Å²) in [4.78, 5) is 0. The molecule has 0 aliphatic heterocycles. The lowest BCUT2D eigenvalue weighted by Crippen LogP contribution is -1.93. The molecule has 0 unspecified atom stereocenters. The lowest BCUT2D eigenvalue weighted by molar-refractivity contribution is 0.731. The van der Waals surface area contributed by atoms with Crippen LogP contribution in [0.1, 0.15) is 31.2 Å². The molecule has 0 amide bonds. The SMILES string of the molecule is [C]1=C(c2cccc3ccccc23)CCCC1. The van der Waals surface area contributed by atoms with Crippen LogP contribution < -0.4 is 0 Å². The summed E-state index contributed by atoms with van der Waals surface area (Å²) in [5.74, 6) is 0. The van der Waals surface area contributed by atoms with E-state index in [0.717, 1.165) is 6.42 Å². The summed E-state index contributed by atoms with van der Waals surface area (Å²) in [5.41, 5.74) is 2.81. The summed E-state index contributed by atoms with van der Waals surface area (Å²) < 4.78 is 0. The van der Waals surface area contributed by atoms with Crippen LogP contribution in [0.2, 0.25) is 0 Å². The molecule has 2 aromatic carbocycles. The van der Waals surface area contributed by atoms with E-state index in [1.54, 1.807) is 0 Å². The average molecular weight is 207 g/mol. The number of hydrogen-bond acceptors (Lipinski definition) is 0. The van der Waals surface area contributed by atoms with Gasteiger partial charge < -0.3 is 0 Å². The first-order valence-corrected chi connectivity index (χ1v) is 6.03. The standard InChI is InChI=1S/C16H15/c1-2-7-13(8-3-1)16-12-6-10-14-9-4-5-11-15(14)16/h4-6,9-12H,1-3,7H2. The maximum atomic E-state index is 3.54. The summed E-state index contributed by atoms with van der Waals surface area (Å²) in [6.45, 7) is 0. The molecule has 1 radical (unpaired) electrons. The second-order valence-electron chi connectivity index (χ2n) is 4.39. The van der Waals surface area contributed by atoms with Crippen LogP contribution in [0.3, 0.4) is 0 Å². The molecule has 2 aromatic rings. The minimum Gasteiger partial charge on any atom is -0.0616 e. The lowest BCUT2D eigenvalue weighted by Gasteiger charge is -2.14. The van der Waals surface area contributed by atoms with E-state index < -0.39 is 0 Å². The molecule has 1 aliphatic carbocycles. The van der Waals surface area contributed by atoms with Gasteiger partial charge in [-0.3, -0.25) is 0 Å². The van der Waals surface area contributed by atoms with Crippen LogP contribution in [0.15, 0.2) is 42.5 Å². The van der Waals surface area contributed by atoms with E-state index in [4.69, 9.17) is 0 Å². The summed E-state index contributed by atoms with van der Waals surface area (Å²) >= 11 is 0. The quantitative estimate of drug-likeness (QED) is 0.641. The molecule has 3 rings (SSSR count). The molecule has 0 saturated carbocycles. The number of fused-ring (bicyclic) bond motifs is 1. The fourth-order valence-corrected chi connectivity index (χ4v) is 2.47. The van der Waals surface area contributed by atoms with Crippen LogP contribution in [0.5, 0.6) is 0 Å². The first-order valence-electron chi connectivity index (χ1n) is 6.03. The molecule has 16 heavy (non-hydrogen) atoms. The third-order valence-corrected chi connectivity index (χ3v) is 3.31. The Hall–Kier alpha value is -1.56. The highest BCUT2D eigenvalue weighted by atomic mass is 14.1. The molecule has 1 aliphatic rings. The summed E-state index contributed by atoms with van der Waals surface area (Å²) in [6, 6.07) is 15.2. The van der Waals surface area contributed by atoms with Gasteiger partial charge in [-0.15, -0.1) is 0 Å². The molecule has 0 atom stereocenters. The number of rotatable bonds is 1. The third-order valence-electron chi connectivity index (χ3n) is 3.31. The Bertz CT molecular complexity index is 529. The predicted molar refractivity (Wildman–Crippen MR) is 69.1 cm³/mol. The molecule has 0 heteroatoms. The number of allylic oxidation sites excluding steroid dienone is 2. The van der Waals surface area contributed by atoms with Crippen molar-refractivity contribution >= 4 is 16.3 Å². The highest BCUT2D eigenvalue weighted by Crippen LogP contribution is 2.31. The van der Waals surface area contributed by atoms with Crippen LogP contribution in [0, 0.1) is 6.08 Å². The Balaban J connectivity index is 2.19. The van der Waals surface area contributed by atoms with E-state index in [1.165, 1.54) is 41.2 Å². The Labute approximate surface area is 96.6 Å². The minimum atomic E-state index is 1.12. The topological polar surface area (TPSA) is 0 Å². The second-order valence-corrected chi connectivity index (χ2v) is 4.39. The molecule has 0 bridgehead atoms. The summed E-state index contributed by atoms with van der Waals surface area (Å²) in [6.07, 6.45) is 8.47. The van der Waals surface area contributed by atoms with Gasteiger partial charge in [-0.25, -0.2) is 0 Å². The van der Waals surface area contributed by atoms with Crippen molar-refractivity contribution in [2.75, 3.05) is 0 Å². The van der Waals surface area contributed by atoms with Gasteiger partial charge in [-0.1, -0.05) is 42.5 Å². The Morgan fingerprint density at radius 1 is 0.875 bits per heavy atom. The first-order chi connectivity index (χ1) is 7.95. The molecule has 0 aromatic heterocycles. The smallest absolute Gasteiger partial charge is 0.0109 e. The Morgan fingerprint density at radius 2 is 1.75 bits per heavy atom. The van der Waals surface area contributed by atoms with Crippen LogP contribution in [0.25, 0.3) is 16.3 Å². The van der Waals surface area contributed by atoms with E-state index in [9.17, 15) is 0 Å². The van der Waals surface area contributed by atoms with Gasteiger partial charge in [0, 0.05) is 0 Å². The molecule has 0 nitrogen and oxygen atoms in total. The first kappa shape index (κ1) is 9.65. The summed E-state index contributed by atoms with van der Waals surface area (Å²) in [5, 5.41) is 2.70. The molecule has 0 saturated heterocycles.